The molecule has 0 aromatic heterocycles. The Morgan fingerprint density at radius 2 is 1.14 bits per heavy atom. The second kappa shape index (κ2) is 12.6. The number of hydrogen-bond acceptors (Lipinski definition) is 5. The van der Waals surface area contributed by atoms with E-state index in [0.29, 0.717) is 11.6 Å². The van der Waals surface area contributed by atoms with Gasteiger partial charge in [-0.3, -0.25) is 0 Å². The topological polar surface area (TPSA) is 84.0 Å². The standard InChI is InChI=1S/C34H15F9N4O3/c1-16-6-4-7-17(10-16)26-24(31(46-2)47-3)13-23-28(26)29(49-33(38,39)40)22-12-21(19(14-44)15-45)25(27(22)30(23)50-34(41,42)43)18-8-5-9-20(11-18)48-32(35,36)37/h4-11H,12-13H2,1H3. The summed E-state index contributed by atoms with van der Waals surface area (Å²) in [7, 11) is 0. The van der Waals surface area contributed by atoms with Gasteiger partial charge in [-0.05, 0) is 46.9 Å². The maximum atomic E-state index is 14.3. The number of benzene rings is 3. The fourth-order valence-corrected chi connectivity index (χ4v) is 5.97. The van der Waals surface area contributed by atoms with Crippen LogP contribution in [0.5, 0.6) is 17.2 Å². The van der Waals surface area contributed by atoms with Gasteiger partial charge in [-0.25, -0.2) is 0 Å². The normalized spacial score (nSPS) is 13.8. The van der Waals surface area contributed by atoms with Crippen LogP contribution in [0.4, 0.5) is 39.5 Å². The first kappa shape index (κ1) is 34.9. The average molecular weight is 699 g/mol. The van der Waals surface area contributed by atoms with Gasteiger partial charge in [0.15, 0.2) is 0 Å². The van der Waals surface area contributed by atoms with E-state index < -0.39 is 93.3 Å². The second-order valence-corrected chi connectivity index (χ2v) is 10.6. The highest BCUT2D eigenvalue weighted by Crippen LogP contribution is 2.44. The van der Waals surface area contributed by atoms with Crippen LogP contribution in [0.3, 0.4) is 0 Å². The highest BCUT2D eigenvalue weighted by atomic mass is 19.4. The Morgan fingerprint density at radius 3 is 1.60 bits per heavy atom. The molecule has 0 aliphatic heterocycles. The van der Waals surface area contributed by atoms with Crippen molar-refractivity contribution < 1.29 is 53.7 Å². The molecule has 5 rings (SSSR count). The molecule has 3 aromatic rings. The third-order valence-electron chi connectivity index (χ3n) is 7.52. The molecule has 0 saturated carbocycles. The zero-order chi connectivity index (χ0) is 36.8. The highest BCUT2D eigenvalue weighted by molar-refractivity contribution is 5.92. The van der Waals surface area contributed by atoms with E-state index >= 15 is 0 Å². The minimum Gasteiger partial charge on any atom is -0.406 e. The molecule has 0 N–H and O–H groups in total. The molecular formula is C34H15F9N4O3. The summed E-state index contributed by atoms with van der Waals surface area (Å²) in [5.41, 5.74) is -3.21. The first-order chi connectivity index (χ1) is 23.4. The predicted octanol–water partition coefficient (Wildman–Crippen LogP) is 7.59. The Labute approximate surface area is 275 Å². The van der Waals surface area contributed by atoms with Crippen molar-refractivity contribution in [2.75, 3.05) is 0 Å². The third-order valence-corrected chi connectivity index (χ3v) is 7.52. The van der Waals surface area contributed by atoms with Crippen LogP contribution in [-0.4, -0.2) is 19.1 Å². The summed E-state index contributed by atoms with van der Waals surface area (Å²) in [6.45, 7) is 16.7. The van der Waals surface area contributed by atoms with Gasteiger partial charge >= 0.3 is 24.9 Å². The van der Waals surface area contributed by atoms with Gasteiger partial charge in [-0.1, -0.05) is 42.0 Å². The van der Waals surface area contributed by atoms with Crippen molar-refractivity contribution in [2.45, 2.75) is 38.9 Å². The number of ether oxygens (including phenoxy) is 3. The number of hydrogen-bond donors (Lipinski definition) is 0. The van der Waals surface area contributed by atoms with Crippen LogP contribution >= 0.6 is 0 Å². The molecule has 2 aliphatic rings. The van der Waals surface area contributed by atoms with Gasteiger partial charge in [0.25, 0.3) is 0 Å². The van der Waals surface area contributed by atoms with Crippen molar-refractivity contribution >= 4 is 11.1 Å². The summed E-state index contributed by atoms with van der Waals surface area (Å²) in [5.74, 6) is -3.76. The summed E-state index contributed by atoms with van der Waals surface area (Å²) in [5, 5.41) is 18.2. The number of nitrogens with zero attached hydrogens (tertiary/aromatic N) is 4. The number of halogens is 9. The van der Waals surface area contributed by atoms with Crippen molar-refractivity contribution in [3.05, 3.63) is 132 Å². The maximum absolute atomic E-state index is 14.3. The molecule has 2 aliphatic carbocycles. The van der Waals surface area contributed by atoms with Crippen molar-refractivity contribution in [2.24, 2.45) is 0 Å². The number of fused-ring (bicyclic) bond motifs is 2. The van der Waals surface area contributed by atoms with Crippen LogP contribution in [-0.2, 0) is 12.8 Å². The Balaban J connectivity index is 2.13. The number of rotatable bonds is 5. The van der Waals surface area contributed by atoms with Gasteiger partial charge in [0.05, 0.1) is 5.57 Å². The van der Waals surface area contributed by atoms with E-state index in [-0.39, 0.29) is 22.3 Å². The van der Waals surface area contributed by atoms with Gasteiger partial charge in [-0.15, -0.1) is 39.5 Å². The van der Waals surface area contributed by atoms with Crippen molar-refractivity contribution in [3.8, 4) is 29.4 Å². The van der Waals surface area contributed by atoms with Gasteiger partial charge < -0.3 is 14.2 Å². The van der Waals surface area contributed by atoms with Gasteiger partial charge in [-0.2, -0.15) is 20.2 Å². The van der Waals surface area contributed by atoms with Crippen LogP contribution in [0, 0.1) is 42.7 Å². The van der Waals surface area contributed by atoms with Crippen molar-refractivity contribution in [1.82, 2.24) is 0 Å². The largest absolute Gasteiger partial charge is 0.573 e. The van der Waals surface area contributed by atoms with E-state index in [4.69, 9.17) is 13.1 Å². The van der Waals surface area contributed by atoms with Gasteiger partial charge in [0.2, 0.25) is 0 Å². The van der Waals surface area contributed by atoms with E-state index in [2.05, 4.69) is 23.9 Å². The quantitative estimate of drug-likeness (QED) is 0.156. The smallest absolute Gasteiger partial charge is 0.406 e. The molecule has 0 spiro atoms. The van der Waals surface area contributed by atoms with Crippen LogP contribution in [0.1, 0.15) is 27.8 Å². The molecule has 0 amide bonds. The average Bonchev–Trinajstić information content (AvgIpc) is 3.59. The van der Waals surface area contributed by atoms with E-state index in [1.165, 1.54) is 30.3 Å². The molecule has 7 nitrogen and oxygen atoms in total. The van der Waals surface area contributed by atoms with Gasteiger partial charge in [0, 0.05) is 34.4 Å². The Hall–Kier alpha value is -6.39. The molecule has 0 saturated heterocycles. The molecule has 16 heteroatoms. The Kier molecular flexibility index (Phi) is 8.78. The Morgan fingerprint density at radius 1 is 0.680 bits per heavy atom. The molecule has 0 bridgehead atoms. The van der Waals surface area contributed by atoms with Crippen molar-refractivity contribution in [3.63, 3.8) is 0 Å². The molecule has 252 valence electrons. The molecule has 3 aromatic carbocycles. The van der Waals surface area contributed by atoms with Crippen molar-refractivity contribution in [1.29, 1.82) is 10.5 Å². The minimum absolute atomic E-state index is 0.109. The SMILES string of the molecule is [C-]#[N+]C([N+]#[C-])=C1Cc2c(OC(F)(F)F)c3c(c(OC(F)(F)F)c2=C1c1cccc(C)c1)CC(=C(C#N)C#N)C=3c1cccc(OC(F)(F)F)c1. The molecule has 0 heterocycles. The van der Waals surface area contributed by atoms with Gasteiger partial charge in [0.1, 0.15) is 48.1 Å². The van der Waals surface area contributed by atoms with Crippen LogP contribution in [0.15, 0.2) is 71.1 Å². The molecule has 0 radical (unpaired) electrons. The number of allylic oxidation sites excluding steroid dienone is 3. The first-order valence-corrected chi connectivity index (χ1v) is 13.8. The lowest BCUT2D eigenvalue weighted by Gasteiger charge is -2.19. The molecule has 50 heavy (non-hydrogen) atoms. The molecule has 0 atom stereocenters. The predicted molar refractivity (Wildman–Crippen MR) is 154 cm³/mol. The molecular weight excluding hydrogens is 683 g/mol. The monoisotopic (exact) mass is 698 g/mol. The molecule has 0 unspecified atom stereocenters. The third kappa shape index (κ3) is 6.78. The summed E-state index contributed by atoms with van der Waals surface area (Å²) in [6.07, 6.45) is -17.9. The zero-order valence-corrected chi connectivity index (χ0v) is 24.9. The fraction of sp³-hybridized carbons (Fsp3) is 0.176. The zero-order valence-electron chi connectivity index (χ0n) is 24.9. The lowest BCUT2D eigenvalue weighted by molar-refractivity contribution is -0.277. The van der Waals surface area contributed by atoms with E-state index in [9.17, 15) is 50.0 Å². The molecule has 0 fully saturated rings. The summed E-state index contributed by atoms with van der Waals surface area (Å²) in [6, 6.07) is 12.7. The minimum atomic E-state index is -5.53. The maximum Gasteiger partial charge on any atom is 0.573 e. The first-order valence-electron chi connectivity index (χ1n) is 13.8. The van der Waals surface area contributed by atoms with Crippen LogP contribution < -0.4 is 24.6 Å². The summed E-state index contributed by atoms with van der Waals surface area (Å²) in [4.78, 5) is 6.31. The number of alkyl halides is 9. The Bertz CT molecular complexity index is 2290. The lowest BCUT2D eigenvalue weighted by atomic mass is 9.95. The van der Waals surface area contributed by atoms with E-state index in [0.717, 1.165) is 18.2 Å². The van der Waals surface area contributed by atoms with E-state index in [1.54, 1.807) is 13.0 Å². The number of nitriles is 2. The summed E-state index contributed by atoms with van der Waals surface area (Å²) >= 11 is 0. The fourth-order valence-electron chi connectivity index (χ4n) is 5.97. The highest BCUT2D eigenvalue weighted by Gasteiger charge is 2.43. The second-order valence-electron chi connectivity index (χ2n) is 10.6. The van der Waals surface area contributed by atoms with Crippen LogP contribution in [0.25, 0.3) is 20.8 Å². The number of aryl methyl sites for hydroxylation is 1. The van der Waals surface area contributed by atoms with E-state index in [1.807, 2.05) is 0 Å². The summed E-state index contributed by atoms with van der Waals surface area (Å²) < 4.78 is 138. The lowest BCUT2D eigenvalue weighted by Crippen LogP contribution is -2.32. The van der Waals surface area contributed by atoms with Crippen LogP contribution in [0.2, 0.25) is 0 Å².